The molecule has 0 radical (unpaired) electrons. The summed E-state index contributed by atoms with van der Waals surface area (Å²) in [5.74, 6) is -0.277. The van der Waals surface area contributed by atoms with Gasteiger partial charge in [0.05, 0.1) is 5.69 Å². The first-order chi connectivity index (χ1) is 10.1. The second-order valence-corrected chi connectivity index (χ2v) is 4.61. The van der Waals surface area contributed by atoms with Crippen LogP contribution in [0.2, 0.25) is 0 Å². The Kier molecular flexibility index (Phi) is 5.06. The third kappa shape index (κ3) is 4.74. The number of phenolic OH excluding ortho intramolecular Hbond substituents is 1. The lowest BCUT2D eigenvalue weighted by molar-refractivity contribution is -0.115. The number of carbonyl (C=O) groups is 1. The summed E-state index contributed by atoms with van der Waals surface area (Å²) in [5.41, 5.74) is 1.36. The van der Waals surface area contributed by atoms with Crippen LogP contribution in [0.25, 0.3) is 6.08 Å². The fourth-order valence-electron chi connectivity index (χ4n) is 1.62. The number of rotatable bonds is 3. The molecule has 106 valence electrons. The van der Waals surface area contributed by atoms with Gasteiger partial charge in [-0.15, -0.1) is 0 Å². The van der Waals surface area contributed by atoms with Crippen molar-refractivity contribution >= 4 is 35.0 Å². The van der Waals surface area contributed by atoms with E-state index < -0.39 is 0 Å². The Morgan fingerprint density at radius 3 is 2.43 bits per heavy atom. The van der Waals surface area contributed by atoms with Crippen LogP contribution in [0, 0.1) is 0 Å². The van der Waals surface area contributed by atoms with E-state index in [0.29, 0.717) is 5.69 Å². The highest BCUT2D eigenvalue weighted by Crippen LogP contribution is 2.21. The van der Waals surface area contributed by atoms with E-state index >= 15 is 0 Å². The minimum atomic E-state index is -0.341. The lowest BCUT2D eigenvalue weighted by Gasteiger charge is -2.09. The first-order valence-corrected chi connectivity index (χ1v) is 6.69. The fourth-order valence-corrected chi connectivity index (χ4v) is 1.83. The molecule has 0 aliphatic heterocycles. The minimum absolute atomic E-state index is 0.0638. The summed E-state index contributed by atoms with van der Waals surface area (Å²) in [6.07, 6.45) is 3.09. The van der Waals surface area contributed by atoms with Crippen molar-refractivity contribution < 1.29 is 9.90 Å². The van der Waals surface area contributed by atoms with E-state index in [0.717, 1.165) is 5.56 Å². The molecule has 0 spiro atoms. The highest BCUT2D eigenvalue weighted by atomic mass is 32.1. The first-order valence-electron chi connectivity index (χ1n) is 6.28. The van der Waals surface area contributed by atoms with Gasteiger partial charge in [0.1, 0.15) is 5.75 Å². The predicted molar refractivity (Wildman–Crippen MR) is 87.9 cm³/mol. The standard InChI is InChI=1S/C16H14N2O2S/c19-14-9-5-4-8-13(14)17-16(21)18-15(20)11-10-12-6-2-1-3-7-12/h1-11,19H,(H2,17,18,20,21). The molecule has 0 aromatic heterocycles. The van der Waals surface area contributed by atoms with Crippen molar-refractivity contribution in [2.45, 2.75) is 0 Å². The van der Waals surface area contributed by atoms with Crippen molar-refractivity contribution in [2.75, 3.05) is 5.32 Å². The van der Waals surface area contributed by atoms with Gasteiger partial charge in [-0.05, 0) is 36.0 Å². The molecule has 2 rings (SSSR count). The first kappa shape index (κ1) is 14.7. The van der Waals surface area contributed by atoms with Crippen LogP contribution >= 0.6 is 12.2 Å². The fraction of sp³-hybridized carbons (Fsp3) is 0. The minimum Gasteiger partial charge on any atom is -0.506 e. The normalized spacial score (nSPS) is 10.3. The van der Waals surface area contributed by atoms with Gasteiger partial charge in [0.25, 0.3) is 0 Å². The van der Waals surface area contributed by atoms with Crippen molar-refractivity contribution in [2.24, 2.45) is 0 Å². The van der Waals surface area contributed by atoms with Crippen molar-refractivity contribution in [3.63, 3.8) is 0 Å². The molecule has 0 bridgehead atoms. The van der Waals surface area contributed by atoms with Crippen LogP contribution in [-0.4, -0.2) is 16.1 Å². The maximum Gasteiger partial charge on any atom is 0.250 e. The van der Waals surface area contributed by atoms with Gasteiger partial charge in [0, 0.05) is 6.08 Å². The van der Waals surface area contributed by atoms with Crippen LogP contribution in [-0.2, 0) is 4.79 Å². The van der Waals surface area contributed by atoms with Gasteiger partial charge in [0.2, 0.25) is 5.91 Å². The molecule has 0 unspecified atom stereocenters. The number of aromatic hydroxyl groups is 1. The second-order valence-electron chi connectivity index (χ2n) is 4.20. The number of hydrogen-bond acceptors (Lipinski definition) is 3. The topological polar surface area (TPSA) is 61.4 Å². The number of nitrogens with one attached hydrogen (secondary N) is 2. The zero-order valence-corrected chi connectivity index (χ0v) is 11.9. The van der Waals surface area contributed by atoms with E-state index in [-0.39, 0.29) is 16.8 Å². The quantitative estimate of drug-likeness (QED) is 0.463. The number of anilines is 1. The molecule has 0 heterocycles. The van der Waals surface area contributed by atoms with Crippen molar-refractivity contribution in [1.29, 1.82) is 0 Å². The van der Waals surface area contributed by atoms with E-state index in [4.69, 9.17) is 12.2 Å². The van der Waals surface area contributed by atoms with Crippen LogP contribution in [0.3, 0.4) is 0 Å². The number of amides is 1. The molecule has 2 aromatic carbocycles. The predicted octanol–water partition coefficient (Wildman–Crippen LogP) is 2.92. The molecule has 3 N–H and O–H groups in total. The van der Waals surface area contributed by atoms with Crippen LogP contribution in [0.1, 0.15) is 5.56 Å². The molecular weight excluding hydrogens is 284 g/mol. The molecule has 0 saturated carbocycles. The highest BCUT2D eigenvalue weighted by molar-refractivity contribution is 7.80. The van der Waals surface area contributed by atoms with Gasteiger partial charge >= 0.3 is 0 Å². The van der Waals surface area contributed by atoms with Gasteiger partial charge in [-0.1, -0.05) is 42.5 Å². The smallest absolute Gasteiger partial charge is 0.250 e. The number of phenols is 1. The van der Waals surface area contributed by atoms with Gasteiger partial charge in [0.15, 0.2) is 5.11 Å². The van der Waals surface area contributed by atoms with Crippen LogP contribution in [0.15, 0.2) is 60.7 Å². The Balaban J connectivity index is 1.90. The highest BCUT2D eigenvalue weighted by Gasteiger charge is 2.04. The molecule has 5 heteroatoms. The van der Waals surface area contributed by atoms with E-state index in [1.807, 2.05) is 30.3 Å². The Morgan fingerprint density at radius 2 is 1.71 bits per heavy atom. The Labute approximate surface area is 128 Å². The van der Waals surface area contributed by atoms with E-state index in [2.05, 4.69) is 10.6 Å². The average molecular weight is 298 g/mol. The van der Waals surface area contributed by atoms with E-state index in [1.165, 1.54) is 12.1 Å². The monoisotopic (exact) mass is 298 g/mol. The molecule has 0 saturated heterocycles. The van der Waals surface area contributed by atoms with Crippen LogP contribution in [0.4, 0.5) is 5.69 Å². The molecule has 2 aromatic rings. The number of benzene rings is 2. The lowest BCUT2D eigenvalue weighted by atomic mass is 10.2. The van der Waals surface area contributed by atoms with Crippen molar-refractivity contribution in [3.8, 4) is 5.75 Å². The Hall–Kier alpha value is -2.66. The van der Waals surface area contributed by atoms with Gasteiger partial charge in [-0.2, -0.15) is 0 Å². The molecule has 1 amide bonds. The largest absolute Gasteiger partial charge is 0.506 e. The van der Waals surface area contributed by atoms with Gasteiger partial charge in [-0.25, -0.2) is 0 Å². The summed E-state index contributed by atoms with van der Waals surface area (Å²) in [6.45, 7) is 0. The lowest BCUT2D eigenvalue weighted by Crippen LogP contribution is -2.32. The third-order valence-electron chi connectivity index (χ3n) is 2.62. The SMILES string of the molecule is O=C(C=Cc1ccccc1)NC(=S)Nc1ccccc1O. The average Bonchev–Trinajstić information content (AvgIpc) is 2.48. The molecule has 0 aliphatic rings. The van der Waals surface area contributed by atoms with Gasteiger partial charge in [-0.3, -0.25) is 10.1 Å². The molecule has 4 nitrogen and oxygen atoms in total. The number of para-hydroxylation sites is 2. The summed E-state index contributed by atoms with van der Waals surface area (Å²) in [7, 11) is 0. The maximum atomic E-state index is 11.7. The molecule has 0 aliphatic carbocycles. The Morgan fingerprint density at radius 1 is 1.05 bits per heavy atom. The summed E-state index contributed by atoms with van der Waals surface area (Å²) in [5, 5.41) is 15.0. The molecule has 0 atom stereocenters. The third-order valence-corrected chi connectivity index (χ3v) is 2.82. The summed E-state index contributed by atoms with van der Waals surface area (Å²) in [4.78, 5) is 11.7. The number of thiocarbonyl (C=S) groups is 1. The second kappa shape index (κ2) is 7.21. The van der Waals surface area contributed by atoms with Crippen molar-refractivity contribution in [3.05, 3.63) is 66.2 Å². The van der Waals surface area contributed by atoms with Crippen LogP contribution < -0.4 is 10.6 Å². The summed E-state index contributed by atoms with van der Waals surface area (Å²) in [6, 6.07) is 16.1. The Bertz CT molecular complexity index is 669. The number of hydrogen-bond donors (Lipinski definition) is 3. The van der Waals surface area contributed by atoms with Crippen LogP contribution in [0.5, 0.6) is 5.75 Å². The zero-order chi connectivity index (χ0) is 15.1. The zero-order valence-electron chi connectivity index (χ0n) is 11.1. The van der Waals surface area contributed by atoms with Gasteiger partial charge < -0.3 is 10.4 Å². The van der Waals surface area contributed by atoms with Crippen molar-refractivity contribution in [1.82, 2.24) is 5.32 Å². The van der Waals surface area contributed by atoms with E-state index in [1.54, 1.807) is 24.3 Å². The number of carbonyl (C=O) groups excluding carboxylic acids is 1. The summed E-state index contributed by atoms with van der Waals surface area (Å²) < 4.78 is 0. The maximum absolute atomic E-state index is 11.7. The molecule has 0 fully saturated rings. The summed E-state index contributed by atoms with van der Waals surface area (Å²) >= 11 is 5.01. The molecular formula is C16H14N2O2S. The molecule has 21 heavy (non-hydrogen) atoms. The van der Waals surface area contributed by atoms with E-state index in [9.17, 15) is 9.90 Å².